The van der Waals surface area contributed by atoms with Crippen LogP contribution in [0.25, 0.3) is 0 Å². The largest absolute Gasteiger partial charge is 0.496 e. The number of nitrogens with one attached hydrogen (secondary N) is 1. The highest BCUT2D eigenvalue weighted by Crippen LogP contribution is 2.25. The molecule has 1 amide bonds. The lowest BCUT2D eigenvalue weighted by Crippen LogP contribution is -2.27. The van der Waals surface area contributed by atoms with E-state index in [2.05, 4.69) is 31.5 Å². The maximum Gasteiger partial charge on any atom is 0.268 e. The maximum atomic E-state index is 12.6. The van der Waals surface area contributed by atoms with E-state index in [0.29, 0.717) is 23.6 Å². The molecule has 1 aliphatic rings. The van der Waals surface area contributed by atoms with Gasteiger partial charge in [-0.2, -0.15) is 5.10 Å². The number of methoxy groups -OCH3 is 1. The lowest BCUT2D eigenvalue weighted by atomic mass is 10.0. The summed E-state index contributed by atoms with van der Waals surface area (Å²) in [4.78, 5) is 17.9. The molecule has 2 heterocycles. The number of benzene rings is 2. The number of rotatable bonds is 7. The van der Waals surface area contributed by atoms with Crippen LogP contribution in [0.5, 0.6) is 11.5 Å². The first kappa shape index (κ1) is 20.0. The standard InChI is InChI=1S/C21H19BrN4O4/c1-28-19-5-3-2-4-17(19)18-10-20(30-25-18)21(27)24-15-11-23-26(12-15)13-29-16-8-6-14(22)7-9-16/h2-9,11-12,20H,10,13H2,1H3,(H,24,27)/t20-/m0/s1. The number of aromatic nitrogens is 2. The lowest BCUT2D eigenvalue weighted by Gasteiger charge is -2.09. The second-order valence-corrected chi connectivity index (χ2v) is 7.44. The van der Waals surface area contributed by atoms with Crippen LogP contribution >= 0.6 is 15.9 Å². The smallest absolute Gasteiger partial charge is 0.268 e. The van der Waals surface area contributed by atoms with Gasteiger partial charge >= 0.3 is 0 Å². The van der Waals surface area contributed by atoms with Crippen LogP contribution in [-0.4, -0.2) is 34.6 Å². The summed E-state index contributed by atoms with van der Waals surface area (Å²) in [6.45, 7) is 0.221. The first-order chi connectivity index (χ1) is 14.6. The van der Waals surface area contributed by atoms with Gasteiger partial charge in [0.2, 0.25) is 6.10 Å². The molecule has 4 rings (SSSR count). The maximum absolute atomic E-state index is 12.6. The van der Waals surface area contributed by atoms with Gasteiger partial charge in [0.15, 0.2) is 6.73 Å². The van der Waals surface area contributed by atoms with Crippen LogP contribution in [0, 0.1) is 0 Å². The Hall–Kier alpha value is -3.33. The Bertz CT molecular complexity index is 1060. The van der Waals surface area contributed by atoms with Crippen LogP contribution in [0.2, 0.25) is 0 Å². The summed E-state index contributed by atoms with van der Waals surface area (Å²) in [5.74, 6) is 1.12. The van der Waals surface area contributed by atoms with E-state index < -0.39 is 6.10 Å². The summed E-state index contributed by atoms with van der Waals surface area (Å²) in [6.07, 6.45) is 2.88. The van der Waals surface area contributed by atoms with Crippen molar-refractivity contribution in [2.45, 2.75) is 19.3 Å². The summed E-state index contributed by atoms with van der Waals surface area (Å²) in [5.41, 5.74) is 2.04. The number of amides is 1. The Labute approximate surface area is 181 Å². The third-order valence-corrected chi connectivity index (χ3v) is 4.99. The number of nitrogens with zero attached hydrogens (tertiary/aromatic N) is 3. The van der Waals surface area contributed by atoms with Crippen molar-refractivity contribution in [1.29, 1.82) is 0 Å². The van der Waals surface area contributed by atoms with E-state index in [1.165, 1.54) is 0 Å². The molecule has 9 heteroatoms. The molecule has 0 bridgehead atoms. The highest BCUT2D eigenvalue weighted by molar-refractivity contribution is 9.10. The van der Waals surface area contributed by atoms with E-state index in [0.717, 1.165) is 15.8 Å². The monoisotopic (exact) mass is 470 g/mol. The van der Waals surface area contributed by atoms with Crippen molar-refractivity contribution in [3.63, 3.8) is 0 Å². The lowest BCUT2D eigenvalue weighted by molar-refractivity contribution is -0.125. The fourth-order valence-electron chi connectivity index (χ4n) is 2.95. The number of hydrogen-bond acceptors (Lipinski definition) is 6. The number of anilines is 1. The average molecular weight is 471 g/mol. The molecule has 0 aliphatic carbocycles. The number of hydrogen-bond donors (Lipinski definition) is 1. The van der Waals surface area contributed by atoms with Gasteiger partial charge in [-0.3, -0.25) is 4.79 Å². The van der Waals surface area contributed by atoms with Gasteiger partial charge in [-0.25, -0.2) is 4.68 Å². The van der Waals surface area contributed by atoms with Crippen molar-refractivity contribution in [3.8, 4) is 11.5 Å². The quantitative estimate of drug-likeness (QED) is 0.566. The minimum absolute atomic E-state index is 0.221. The molecule has 0 fully saturated rings. The first-order valence-corrected chi connectivity index (χ1v) is 9.99. The van der Waals surface area contributed by atoms with E-state index in [-0.39, 0.29) is 12.6 Å². The molecule has 3 aromatic rings. The van der Waals surface area contributed by atoms with Gasteiger partial charge in [0.1, 0.15) is 11.5 Å². The molecule has 0 unspecified atom stereocenters. The first-order valence-electron chi connectivity index (χ1n) is 9.20. The number of halogens is 1. The normalized spacial score (nSPS) is 15.3. The van der Waals surface area contributed by atoms with Gasteiger partial charge in [0, 0.05) is 16.5 Å². The molecule has 0 saturated carbocycles. The number of carbonyl (C=O) groups excluding carboxylic acids is 1. The van der Waals surface area contributed by atoms with Gasteiger partial charge in [0.05, 0.1) is 30.9 Å². The van der Waals surface area contributed by atoms with Crippen LogP contribution in [0.15, 0.2) is 70.6 Å². The van der Waals surface area contributed by atoms with Crippen molar-refractivity contribution in [2.24, 2.45) is 5.16 Å². The third kappa shape index (κ3) is 4.62. The number of carbonyl (C=O) groups is 1. The fraction of sp³-hybridized carbons (Fsp3) is 0.190. The zero-order valence-electron chi connectivity index (χ0n) is 16.1. The zero-order valence-corrected chi connectivity index (χ0v) is 17.7. The van der Waals surface area contributed by atoms with Crippen molar-refractivity contribution in [3.05, 3.63) is 71.0 Å². The third-order valence-electron chi connectivity index (χ3n) is 4.46. The van der Waals surface area contributed by atoms with E-state index in [1.54, 1.807) is 24.2 Å². The molecule has 2 aromatic carbocycles. The van der Waals surface area contributed by atoms with Crippen LogP contribution in [0.4, 0.5) is 5.69 Å². The SMILES string of the molecule is COc1ccccc1C1=NO[C@H](C(=O)Nc2cnn(COc3ccc(Br)cc3)c2)C1. The summed E-state index contributed by atoms with van der Waals surface area (Å²) in [6, 6.07) is 15.0. The molecule has 1 atom stereocenters. The summed E-state index contributed by atoms with van der Waals surface area (Å²) >= 11 is 3.38. The Morgan fingerprint density at radius 1 is 1.27 bits per heavy atom. The van der Waals surface area contributed by atoms with Gasteiger partial charge in [-0.1, -0.05) is 33.2 Å². The number of oxime groups is 1. The minimum atomic E-state index is -0.715. The van der Waals surface area contributed by atoms with E-state index in [1.807, 2.05) is 48.5 Å². The molecule has 1 aliphatic heterocycles. The zero-order chi connectivity index (χ0) is 20.9. The van der Waals surface area contributed by atoms with Crippen LogP contribution < -0.4 is 14.8 Å². The van der Waals surface area contributed by atoms with Crippen LogP contribution in [-0.2, 0) is 16.4 Å². The molecule has 0 radical (unpaired) electrons. The minimum Gasteiger partial charge on any atom is -0.496 e. The summed E-state index contributed by atoms with van der Waals surface area (Å²) < 4.78 is 13.6. The van der Waals surface area contributed by atoms with Gasteiger partial charge < -0.3 is 19.6 Å². The molecular formula is C21H19BrN4O4. The number of ether oxygens (including phenoxy) is 2. The summed E-state index contributed by atoms with van der Waals surface area (Å²) in [5, 5.41) is 11.1. The highest BCUT2D eigenvalue weighted by atomic mass is 79.9. The van der Waals surface area contributed by atoms with E-state index >= 15 is 0 Å². The topological polar surface area (TPSA) is 87.0 Å². The van der Waals surface area contributed by atoms with Crippen LogP contribution in [0.1, 0.15) is 12.0 Å². The van der Waals surface area contributed by atoms with E-state index in [4.69, 9.17) is 14.3 Å². The molecule has 0 saturated heterocycles. The molecule has 154 valence electrons. The molecular weight excluding hydrogens is 452 g/mol. The van der Waals surface area contributed by atoms with Crippen molar-refractivity contribution in [2.75, 3.05) is 12.4 Å². The van der Waals surface area contributed by atoms with E-state index in [9.17, 15) is 4.79 Å². The van der Waals surface area contributed by atoms with Crippen LogP contribution in [0.3, 0.4) is 0 Å². The Balaban J connectivity index is 1.31. The van der Waals surface area contributed by atoms with Crippen molar-refractivity contribution in [1.82, 2.24) is 9.78 Å². The fourth-order valence-corrected chi connectivity index (χ4v) is 3.22. The molecule has 30 heavy (non-hydrogen) atoms. The molecule has 0 spiro atoms. The Kier molecular flexibility index (Phi) is 5.99. The highest BCUT2D eigenvalue weighted by Gasteiger charge is 2.30. The number of para-hydroxylation sites is 1. The average Bonchev–Trinajstić information content (AvgIpc) is 3.43. The van der Waals surface area contributed by atoms with Gasteiger partial charge in [-0.05, 0) is 36.4 Å². The Morgan fingerprint density at radius 2 is 2.07 bits per heavy atom. The predicted molar refractivity (Wildman–Crippen MR) is 115 cm³/mol. The molecule has 1 aromatic heterocycles. The second kappa shape index (κ2) is 9.00. The van der Waals surface area contributed by atoms with Gasteiger partial charge in [0.25, 0.3) is 5.91 Å². The second-order valence-electron chi connectivity index (χ2n) is 6.52. The Morgan fingerprint density at radius 3 is 2.87 bits per heavy atom. The van der Waals surface area contributed by atoms with Crippen molar-refractivity contribution < 1.29 is 19.1 Å². The molecule has 1 N–H and O–H groups in total. The van der Waals surface area contributed by atoms with Gasteiger partial charge in [-0.15, -0.1) is 0 Å². The summed E-state index contributed by atoms with van der Waals surface area (Å²) in [7, 11) is 1.59. The molecule has 8 nitrogen and oxygen atoms in total. The predicted octanol–water partition coefficient (Wildman–Crippen LogP) is 3.82. The van der Waals surface area contributed by atoms with Crippen molar-refractivity contribution >= 4 is 33.2 Å².